The molecule has 0 fully saturated rings. The van der Waals surface area contributed by atoms with Gasteiger partial charge in [0.15, 0.2) is 5.69 Å². The van der Waals surface area contributed by atoms with Gasteiger partial charge in [0.25, 0.3) is 0 Å². The first-order valence-electron chi connectivity index (χ1n) is 7.20. The van der Waals surface area contributed by atoms with Crippen molar-refractivity contribution in [2.75, 3.05) is 0 Å². The second kappa shape index (κ2) is 5.65. The van der Waals surface area contributed by atoms with Gasteiger partial charge in [-0.25, -0.2) is 4.39 Å². The number of hydrogen-bond acceptors (Lipinski definition) is 3. The minimum absolute atomic E-state index is 0.263. The minimum Gasteiger partial charge on any atom is -0.239 e. The first-order chi connectivity index (χ1) is 11.0. The highest BCUT2D eigenvalue weighted by atomic mass is 19.1. The van der Waals surface area contributed by atoms with E-state index in [9.17, 15) is 4.39 Å². The lowest BCUT2D eigenvalue weighted by molar-refractivity contribution is 0.221. The zero-order chi connectivity index (χ0) is 16.4. The van der Waals surface area contributed by atoms with Gasteiger partial charge in [-0.05, 0) is 36.6 Å². The molecule has 0 atom stereocenters. The van der Waals surface area contributed by atoms with E-state index in [1.54, 1.807) is 19.9 Å². The maximum atomic E-state index is 14.1. The molecule has 0 bridgehead atoms. The number of halogens is 1. The molecule has 5 heteroatoms. The molecular formula is C18H15FN4. The summed E-state index contributed by atoms with van der Waals surface area (Å²) in [5.74, 6) is 0. The van der Waals surface area contributed by atoms with Crippen molar-refractivity contribution in [1.82, 2.24) is 15.4 Å². The lowest BCUT2D eigenvalue weighted by Crippen LogP contribution is -2.08. The molecule has 4 nitrogen and oxygen atoms in total. The highest BCUT2D eigenvalue weighted by molar-refractivity contribution is 5.71. The second-order valence-electron chi connectivity index (χ2n) is 5.76. The molecule has 1 N–H and O–H groups in total. The zero-order valence-corrected chi connectivity index (χ0v) is 12.8. The highest BCUT2D eigenvalue weighted by Gasteiger charge is 2.19. The van der Waals surface area contributed by atoms with Gasteiger partial charge < -0.3 is 0 Å². The molecule has 23 heavy (non-hydrogen) atoms. The number of nitriles is 1. The smallest absolute Gasteiger partial charge is 0.190 e. The van der Waals surface area contributed by atoms with E-state index in [1.165, 1.54) is 0 Å². The van der Waals surface area contributed by atoms with Crippen molar-refractivity contribution in [2.24, 2.45) is 0 Å². The summed E-state index contributed by atoms with van der Waals surface area (Å²) in [5, 5.41) is 19.2. The van der Waals surface area contributed by atoms with Crippen LogP contribution in [0.2, 0.25) is 0 Å². The number of H-pyrrole nitrogens is 1. The Morgan fingerprint density at radius 3 is 2.35 bits per heavy atom. The molecule has 0 aliphatic rings. The van der Waals surface area contributed by atoms with Gasteiger partial charge >= 0.3 is 0 Å². The number of hydrogen-bond donors (Lipinski definition) is 1. The van der Waals surface area contributed by atoms with E-state index in [2.05, 4.69) is 15.4 Å². The molecule has 0 saturated heterocycles. The highest BCUT2D eigenvalue weighted by Crippen LogP contribution is 2.30. The number of nitrogens with zero attached hydrogens (tertiary/aromatic N) is 3. The molecule has 0 amide bonds. The van der Waals surface area contributed by atoms with Crippen LogP contribution in [0.15, 0.2) is 48.5 Å². The molecule has 114 valence electrons. The van der Waals surface area contributed by atoms with Crippen molar-refractivity contribution in [1.29, 1.82) is 5.26 Å². The Morgan fingerprint density at radius 1 is 1.00 bits per heavy atom. The topological polar surface area (TPSA) is 65.4 Å². The number of rotatable bonds is 3. The van der Waals surface area contributed by atoms with Crippen LogP contribution in [0.1, 0.15) is 25.1 Å². The lowest BCUT2D eigenvalue weighted by atomic mass is 9.95. The third-order valence-electron chi connectivity index (χ3n) is 3.69. The molecule has 1 aromatic heterocycles. The van der Waals surface area contributed by atoms with Crippen molar-refractivity contribution >= 4 is 0 Å². The van der Waals surface area contributed by atoms with Crippen LogP contribution in [0.25, 0.3) is 22.4 Å². The van der Waals surface area contributed by atoms with Gasteiger partial charge in [0.1, 0.15) is 17.4 Å². The Morgan fingerprint density at radius 2 is 1.70 bits per heavy atom. The van der Waals surface area contributed by atoms with Crippen molar-refractivity contribution in [3.63, 3.8) is 0 Å². The van der Waals surface area contributed by atoms with E-state index in [0.717, 1.165) is 16.7 Å². The van der Waals surface area contributed by atoms with Crippen LogP contribution in [-0.2, 0) is 5.67 Å². The minimum atomic E-state index is -1.38. The fraction of sp³-hybridized carbons (Fsp3) is 0.167. The van der Waals surface area contributed by atoms with Crippen molar-refractivity contribution in [3.8, 4) is 28.5 Å². The van der Waals surface area contributed by atoms with E-state index < -0.39 is 5.67 Å². The van der Waals surface area contributed by atoms with Crippen molar-refractivity contribution in [2.45, 2.75) is 19.5 Å². The first kappa shape index (κ1) is 14.9. The maximum absolute atomic E-state index is 14.1. The summed E-state index contributed by atoms with van der Waals surface area (Å²) < 4.78 is 14.1. The molecule has 3 aromatic rings. The largest absolute Gasteiger partial charge is 0.239 e. The molecule has 0 aliphatic heterocycles. The molecule has 1 heterocycles. The summed E-state index contributed by atoms with van der Waals surface area (Å²) in [6.45, 7) is 3.09. The van der Waals surface area contributed by atoms with Gasteiger partial charge in [-0.2, -0.15) is 15.6 Å². The van der Waals surface area contributed by atoms with E-state index in [0.29, 0.717) is 11.3 Å². The normalized spacial score (nSPS) is 11.2. The Bertz CT molecular complexity index is 867. The van der Waals surface area contributed by atoms with Crippen molar-refractivity contribution in [3.05, 3.63) is 59.8 Å². The molecule has 2 aromatic carbocycles. The van der Waals surface area contributed by atoms with Crippen LogP contribution in [0, 0.1) is 11.3 Å². The quantitative estimate of drug-likeness (QED) is 0.788. The molecule has 0 saturated carbocycles. The fourth-order valence-electron chi connectivity index (χ4n) is 2.40. The number of aromatic nitrogens is 3. The van der Waals surface area contributed by atoms with E-state index >= 15 is 0 Å². The van der Waals surface area contributed by atoms with Gasteiger partial charge in [0.2, 0.25) is 0 Å². The van der Waals surface area contributed by atoms with Crippen molar-refractivity contribution < 1.29 is 4.39 Å². The molecule has 0 spiro atoms. The zero-order valence-electron chi connectivity index (χ0n) is 12.8. The maximum Gasteiger partial charge on any atom is 0.190 e. The van der Waals surface area contributed by atoms with Gasteiger partial charge in [-0.1, -0.05) is 42.5 Å². The van der Waals surface area contributed by atoms with Gasteiger partial charge in [-0.3, -0.25) is 0 Å². The predicted molar refractivity (Wildman–Crippen MR) is 86.1 cm³/mol. The fourth-order valence-corrected chi connectivity index (χ4v) is 2.40. The molecule has 0 radical (unpaired) electrons. The summed E-state index contributed by atoms with van der Waals surface area (Å²) in [5.41, 5.74) is 2.78. The Kier molecular flexibility index (Phi) is 3.67. The van der Waals surface area contributed by atoms with E-state index in [-0.39, 0.29) is 5.69 Å². The Balaban J connectivity index is 1.96. The summed E-state index contributed by atoms with van der Waals surface area (Å²) in [6, 6.07) is 17.0. The van der Waals surface area contributed by atoms with Crippen LogP contribution < -0.4 is 0 Å². The summed E-state index contributed by atoms with van der Waals surface area (Å²) in [6.07, 6.45) is 0. The summed E-state index contributed by atoms with van der Waals surface area (Å²) >= 11 is 0. The Labute approximate surface area is 133 Å². The standard InChI is InChI=1S/C18H15FN4/c1-18(2,19)15-5-3-4-14(10-15)12-6-8-13(9-7-12)17-16(11-20)21-23-22-17/h3-10H,1-2H3,(H,21,22,23). The monoisotopic (exact) mass is 306 g/mol. The number of alkyl halides is 1. The van der Waals surface area contributed by atoms with Crippen LogP contribution >= 0.6 is 0 Å². The number of benzene rings is 2. The predicted octanol–water partition coefficient (Wildman–Crippen LogP) is 4.21. The summed E-state index contributed by atoms with van der Waals surface area (Å²) in [7, 11) is 0. The van der Waals surface area contributed by atoms with E-state index in [1.807, 2.05) is 48.5 Å². The van der Waals surface area contributed by atoms with Gasteiger partial charge in [0.05, 0.1) is 0 Å². The average molecular weight is 306 g/mol. The summed E-state index contributed by atoms with van der Waals surface area (Å²) in [4.78, 5) is 0. The number of nitrogens with one attached hydrogen (secondary N) is 1. The SMILES string of the molecule is CC(C)(F)c1cccc(-c2ccc(-c3n[nH]nc3C#N)cc2)c1. The van der Waals surface area contributed by atoms with Gasteiger partial charge in [0, 0.05) is 5.56 Å². The van der Waals surface area contributed by atoms with Crippen LogP contribution in [0.5, 0.6) is 0 Å². The lowest BCUT2D eigenvalue weighted by Gasteiger charge is -2.15. The van der Waals surface area contributed by atoms with Crippen LogP contribution in [-0.4, -0.2) is 15.4 Å². The first-order valence-corrected chi connectivity index (χ1v) is 7.20. The molecule has 0 unspecified atom stereocenters. The van der Waals surface area contributed by atoms with E-state index in [4.69, 9.17) is 5.26 Å². The molecular weight excluding hydrogens is 291 g/mol. The third kappa shape index (κ3) is 2.97. The van der Waals surface area contributed by atoms with Gasteiger partial charge in [-0.15, -0.1) is 5.10 Å². The molecule has 0 aliphatic carbocycles. The number of aromatic amines is 1. The third-order valence-corrected chi connectivity index (χ3v) is 3.69. The molecule has 3 rings (SSSR count). The Hall–Kier alpha value is -3.00. The van der Waals surface area contributed by atoms with Crippen LogP contribution in [0.4, 0.5) is 4.39 Å². The average Bonchev–Trinajstić information content (AvgIpc) is 3.03. The second-order valence-corrected chi connectivity index (χ2v) is 5.76. The van der Waals surface area contributed by atoms with Crippen LogP contribution in [0.3, 0.4) is 0 Å².